The van der Waals surface area contributed by atoms with Gasteiger partial charge in [-0.15, -0.1) is 0 Å². The van der Waals surface area contributed by atoms with Crippen LogP contribution in [-0.4, -0.2) is 48.6 Å². The number of aromatic nitrogens is 5. The molecule has 9 heteroatoms. The molecule has 1 atom stereocenters. The van der Waals surface area contributed by atoms with E-state index in [4.69, 9.17) is 4.74 Å². The number of pyridine rings is 1. The highest BCUT2D eigenvalue weighted by Gasteiger charge is 2.29. The Morgan fingerprint density at radius 3 is 2.64 bits per heavy atom. The van der Waals surface area contributed by atoms with Crippen LogP contribution in [0.1, 0.15) is 34.8 Å². The molecular formula is C24H21FN6O2. The molecule has 5 rings (SSSR count). The number of ether oxygens (including phenoxy) is 1. The van der Waals surface area contributed by atoms with Crippen LogP contribution in [0.5, 0.6) is 11.6 Å². The summed E-state index contributed by atoms with van der Waals surface area (Å²) in [6, 6.07) is 11.1. The summed E-state index contributed by atoms with van der Waals surface area (Å²) in [6.45, 7) is 1.16. The zero-order valence-corrected chi connectivity index (χ0v) is 17.7. The Labute approximate surface area is 189 Å². The van der Waals surface area contributed by atoms with Crippen LogP contribution in [0.4, 0.5) is 4.39 Å². The summed E-state index contributed by atoms with van der Waals surface area (Å²) in [5.74, 6) is 1.05. The first-order chi connectivity index (χ1) is 16.2. The zero-order valence-electron chi connectivity index (χ0n) is 17.7. The first-order valence-corrected chi connectivity index (χ1v) is 10.7. The summed E-state index contributed by atoms with van der Waals surface area (Å²) in [5, 5.41) is 4.15. The molecule has 1 saturated heterocycles. The van der Waals surface area contributed by atoms with Crippen LogP contribution in [0.15, 0.2) is 73.4 Å². The third-order valence-electron chi connectivity index (χ3n) is 5.55. The van der Waals surface area contributed by atoms with E-state index in [2.05, 4.69) is 20.1 Å². The number of piperidine rings is 1. The average molecular weight is 444 g/mol. The maximum absolute atomic E-state index is 13.2. The van der Waals surface area contributed by atoms with Crippen molar-refractivity contribution in [3.05, 3.63) is 90.5 Å². The van der Waals surface area contributed by atoms with Crippen LogP contribution in [0.3, 0.4) is 0 Å². The molecule has 33 heavy (non-hydrogen) atoms. The summed E-state index contributed by atoms with van der Waals surface area (Å²) in [7, 11) is 0. The van der Waals surface area contributed by atoms with Crippen LogP contribution in [0.25, 0.3) is 5.82 Å². The summed E-state index contributed by atoms with van der Waals surface area (Å²) >= 11 is 0. The highest BCUT2D eigenvalue weighted by molar-refractivity contribution is 5.94. The van der Waals surface area contributed by atoms with Crippen molar-refractivity contribution in [1.29, 1.82) is 0 Å². The van der Waals surface area contributed by atoms with Gasteiger partial charge in [-0.3, -0.25) is 9.78 Å². The number of hydrogen-bond acceptors (Lipinski definition) is 6. The molecule has 0 bridgehead atoms. The van der Waals surface area contributed by atoms with Crippen molar-refractivity contribution >= 4 is 5.91 Å². The van der Waals surface area contributed by atoms with Gasteiger partial charge in [-0.25, -0.2) is 19.0 Å². The lowest BCUT2D eigenvalue weighted by molar-refractivity contribution is 0.0704. The molecule has 8 nitrogen and oxygen atoms in total. The lowest BCUT2D eigenvalue weighted by atomic mass is 9.94. The van der Waals surface area contributed by atoms with Crippen LogP contribution in [0, 0.1) is 5.82 Å². The third-order valence-corrected chi connectivity index (χ3v) is 5.55. The fourth-order valence-electron chi connectivity index (χ4n) is 3.93. The molecule has 1 fully saturated rings. The number of carbonyl (C=O) groups excluding carboxylic acids is 1. The average Bonchev–Trinajstić information content (AvgIpc) is 3.41. The van der Waals surface area contributed by atoms with E-state index >= 15 is 0 Å². The minimum absolute atomic E-state index is 0.0249. The molecule has 0 saturated carbocycles. The molecule has 166 valence electrons. The Balaban J connectivity index is 1.32. The van der Waals surface area contributed by atoms with Gasteiger partial charge in [0.05, 0.1) is 5.56 Å². The predicted octanol–water partition coefficient (Wildman–Crippen LogP) is 4.01. The molecule has 4 aromatic rings. The molecule has 1 aliphatic rings. The second kappa shape index (κ2) is 9.15. The molecule has 4 heterocycles. The first kappa shape index (κ1) is 20.7. The van der Waals surface area contributed by atoms with E-state index in [9.17, 15) is 9.18 Å². The SMILES string of the molecule is O=C(c1ccc(-n2cccn2)nc1)N1CCCC(c2nccnc2Oc2ccc(F)cc2)C1. The molecule has 0 N–H and O–H groups in total. The zero-order chi connectivity index (χ0) is 22.6. The largest absolute Gasteiger partial charge is 0.437 e. The number of benzene rings is 1. The van der Waals surface area contributed by atoms with Crippen LogP contribution in [-0.2, 0) is 0 Å². The van der Waals surface area contributed by atoms with Gasteiger partial charge >= 0.3 is 0 Å². The number of nitrogens with zero attached hydrogens (tertiary/aromatic N) is 6. The molecule has 0 aliphatic carbocycles. The number of rotatable bonds is 5. The smallest absolute Gasteiger partial charge is 0.255 e. The van der Waals surface area contributed by atoms with E-state index in [1.165, 1.54) is 12.1 Å². The topological polar surface area (TPSA) is 86.0 Å². The molecule has 1 amide bonds. The van der Waals surface area contributed by atoms with Crippen molar-refractivity contribution in [2.24, 2.45) is 0 Å². The van der Waals surface area contributed by atoms with Gasteiger partial charge in [-0.1, -0.05) is 0 Å². The van der Waals surface area contributed by atoms with Crippen molar-refractivity contribution in [2.75, 3.05) is 13.1 Å². The summed E-state index contributed by atoms with van der Waals surface area (Å²) in [4.78, 5) is 28.2. The minimum Gasteiger partial charge on any atom is -0.437 e. The Morgan fingerprint density at radius 1 is 1.03 bits per heavy atom. The summed E-state index contributed by atoms with van der Waals surface area (Å²) < 4.78 is 20.7. The Morgan fingerprint density at radius 2 is 1.88 bits per heavy atom. The summed E-state index contributed by atoms with van der Waals surface area (Å²) in [6.07, 6.45) is 9.92. The summed E-state index contributed by atoms with van der Waals surface area (Å²) in [5.41, 5.74) is 1.21. The van der Waals surface area contributed by atoms with E-state index in [1.54, 1.807) is 59.9 Å². The van der Waals surface area contributed by atoms with Crippen molar-refractivity contribution in [1.82, 2.24) is 29.6 Å². The standard InChI is InChI=1S/C24H21FN6O2/c25-19-5-7-20(8-6-19)33-23-22(26-11-12-27-23)18-3-1-13-30(16-18)24(32)17-4-9-21(28-15-17)31-14-2-10-29-31/h2,4-12,14-15,18H,1,3,13,16H2. The van der Waals surface area contributed by atoms with Crippen molar-refractivity contribution in [3.8, 4) is 17.4 Å². The molecule has 3 aromatic heterocycles. The fraction of sp³-hybridized carbons (Fsp3) is 0.208. The van der Waals surface area contributed by atoms with E-state index in [1.807, 2.05) is 11.0 Å². The van der Waals surface area contributed by atoms with Crippen LogP contribution < -0.4 is 4.74 Å². The van der Waals surface area contributed by atoms with E-state index in [0.29, 0.717) is 41.8 Å². The van der Waals surface area contributed by atoms with Gasteiger partial charge in [0.2, 0.25) is 5.88 Å². The van der Waals surface area contributed by atoms with Gasteiger partial charge in [-0.05, 0) is 55.3 Å². The number of amides is 1. The highest BCUT2D eigenvalue weighted by Crippen LogP contribution is 2.33. The molecule has 1 aliphatic heterocycles. The second-order valence-corrected chi connectivity index (χ2v) is 7.75. The molecule has 1 unspecified atom stereocenters. The third kappa shape index (κ3) is 4.57. The van der Waals surface area contributed by atoms with Gasteiger partial charge in [0.25, 0.3) is 5.91 Å². The maximum atomic E-state index is 13.2. The van der Waals surface area contributed by atoms with Crippen molar-refractivity contribution in [3.63, 3.8) is 0 Å². The van der Waals surface area contributed by atoms with E-state index in [0.717, 1.165) is 12.8 Å². The molecule has 0 radical (unpaired) electrons. The van der Waals surface area contributed by atoms with E-state index < -0.39 is 0 Å². The highest BCUT2D eigenvalue weighted by atomic mass is 19.1. The minimum atomic E-state index is -0.338. The maximum Gasteiger partial charge on any atom is 0.255 e. The lowest BCUT2D eigenvalue weighted by Gasteiger charge is -2.32. The Bertz CT molecular complexity index is 1230. The number of hydrogen-bond donors (Lipinski definition) is 0. The second-order valence-electron chi connectivity index (χ2n) is 7.75. The van der Waals surface area contributed by atoms with Gasteiger partial charge in [-0.2, -0.15) is 5.10 Å². The number of likely N-dealkylation sites (tertiary alicyclic amines) is 1. The molecule has 0 spiro atoms. The van der Waals surface area contributed by atoms with Gasteiger partial charge in [0.15, 0.2) is 5.82 Å². The van der Waals surface area contributed by atoms with Gasteiger partial charge in [0.1, 0.15) is 17.3 Å². The monoisotopic (exact) mass is 444 g/mol. The van der Waals surface area contributed by atoms with Crippen molar-refractivity contribution < 1.29 is 13.9 Å². The Kier molecular flexibility index (Phi) is 5.75. The lowest BCUT2D eigenvalue weighted by Crippen LogP contribution is -2.39. The van der Waals surface area contributed by atoms with Gasteiger partial charge < -0.3 is 9.64 Å². The Hall–Kier alpha value is -4.14. The van der Waals surface area contributed by atoms with E-state index in [-0.39, 0.29) is 17.6 Å². The molecular weight excluding hydrogens is 423 g/mol. The first-order valence-electron chi connectivity index (χ1n) is 10.7. The predicted molar refractivity (Wildman–Crippen MR) is 118 cm³/mol. The number of halogens is 1. The van der Waals surface area contributed by atoms with Crippen molar-refractivity contribution in [2.45, 2.75) is 18.8 Å². The normalized spacial score (nSPS) is 15.9. The van der Waals surface area contributed by atoms with Crippen LogP contribution >= 0.6 is 0 Å². The fourth-order valence-corrected chi connectivity index (χ4v) is 3.93. The number of carbonyl (C=O) groups is 1. The van der Waals surface area contributed by atoms with Gasteiger partial charge in [0, 0.05) is 50.0 Å². The molecule has 1 aromatic carbocycles. The quantitative estimate of drug-likeness (QED) is 0.462. The van der Waals surface area contributed by atoms with Crippen LogP contribution in [0.2, 0.25) is 0 Å².